The normalized spacial score (nSPS) is 9.80. The van der Waals surface area contributed by atoms with Gasteiger partial charge in [-0.3, -0.25) is 4.79 Å². The van der Waals surface area contributed by atoms with E-state index in [0.717, 1.165) is 5.57 Å². The average molecular weight is 244 g/mol. The molecule has 2 nitrogen and oxygen atoms in total. The van der Waals surface area contributed by atoms with Gasteiger partial charge in [0.2, 0.25) is 0 Å². The van der Waals surface area contributed by atoms with Crippen LogP contribution in [0.4, 0.5) is 0 Å². The summed E-state index contributed by atoms with van der Waals surface area (Å²) in [4.78, 5) is 11.7. The highest BCUT2D eigenvalue weighted by Gasteiger charge is 2.13. The molecular formula is C11H11Cl2NO. The summed E-state index contributed by atoms with van der Waals surface area (Å²) >= 11 is 11.7. The van der Waals surface area contributed by atoms with Crippen molar-refractivity contribution in [2.75, 3.05) is 6.54 Å². The van der Waals surface area contributed by atoms with E-state index in [9.17, 15) is 4.79 Å². The van der Waals surface area contributed by atoms with Gasteiger partial charge in [-0.05, 0) is 19.1 Å². The van der Waals surface area contributed by atoms with E-state index in [2.05, 4.69) is 11.9 Å². The van der Waals surface area contributed by atoms with Crippen molar-refractivity contribution in [1.29, 1.82) is 0 Å². The zero-order chi connectivity index (χ0) is 11.4. The van der Waals surface area contributed by atoms with Crippen molar-refractivity contribution in [3.8, 4) is 0 Å². The third kappa shape index (κ3) is 3.26. The first kappa shape index (κ1) is 12.1. The number of halogens is 2. The highest BCUT2D eigenvalue weighted by molar-refractivity contribution is 6.39. The predicted molar refractivity (Wildman–Crippen MR) is 63.6 cm³/mol. The number of rotatable bonds is 3. The van der Waals surface area contributed by atoms with Crippen LogP contribution < -0.4 is 5.32 Å². The van der Waals surface area contributed by atoms with Crippen molar-refractivity contribution in [3.63, 3.8) is 0 Å². The molecule has 80 valence electrons. The second-order valence-electron chi connectivity index (χ2n) is 3.24. The molecule has 4 heteroatoms. The Morgan fingerprint density at radius 1 is 1.40 bits per heavy atom. The van der Waals surface area contributed by atoms with Crippen molar-refractivity contribution in [1.82, 2.24) is 5.32 Å². The molecule has 0 bridgehead atoms. The molecule has 0 radical (unpaired) electrons. The number of nitrogens with one attached hydrogen (secondary N) is 1. The summed E-state index contributed by atoms with van der Waals surface area (Å²) in [6, 6.07) is 4.95. The van der Waals surface area contributed by atoms with Crippen molar-refractivity contribution >= 4 is 29.1 Å². The number of benzene rings is 1. The maximum Gasteiger partial charge on any atom is 0.254 e. The van der Waals surface area contributed by atoms with E-state index in [1.165, 1.54) is 0 Å². The van der Waals surface area contributed by atoms with Gasteiger partial charge in [-0.25, -0.2) is 0 Å². The summed E-state index contributed by atoms with van der Waals surface area (Å²) < 4.78 is 0. The minimum Gasteiger partial charge on any atom is -0.348 e. The zero-order valence-electron chi connectivity index (χ0n) is 8.31. The largest absolute Gasteiger partial charge is 0.348 e. The molecule has 0 atom stereocenters. The Labute approximate surface area is 98.9 Å². The van der Waals surface area contributed by atoms with Gasteiger partial charge in [0.05, 0.1) is 15.6 Å². The van der Waals surface area contributed by atoms with Gasteiger partial charge in [0.15, 0.2) is 0 Å². The summed E-state index contributed by atoms with van der Waals surface area (Å²) in [5, 5.41) is 3.37. The lowest BCUT2D eigenvalue weighted by molar-refractivity contribution is 0.0957. The SMILES string of the molecule is C=C(C)CNC(=O)c1c(Cl)cccc1Cl. The standard InChI is InChI=1S/C11H11Cl2NO/c1-7(2)6-14-11(15)10-8(12)4-3-5-9(10)13/h3-5H,1,6H2,2H3,(H,14,15). The van der Waals surface area contributed by atoms with Crippen LogP contribution in [0.15, 0.2) is 30.4 Å². The molecule has 0 aliphatic carbocycles. The van der Waals surface area contributed by atoms with Crippen LogP contribution >= 0.6 is 23.2 Å². The number of amides is 1. The summed E-state index contributed by atoms with van der Waals surface area (Å²) in [5.41, 5.74) is 1.17. The number of hydrogen-bond donors (Lipinski definition) is 1. The molecule has 0 aromatic heterocycles. The number of hydrogen-bond acceptors (Lipinski definition) is 1. The Balaban J connectivity index is 2.86. The van der Waals surface area contributed by atoms with E-state index >= 15 is 0 Å². The Morgan fingerprint density at radius 2 is 1.93 bits per heavy atom. The third-order valence-corrected chi connectivity index (χ3v) is 2.37. The summed E-state index contributed by atoms with van der Waals surface area (Å²) in [5.74, 6) is -0.284. The van der Waals surface area contributed by atoms with Crippen LogP contribution in [0.1, 0.15) is 17.3 Å². The number of carbonyl (C=O) groups excluding carboxylic acids is 1. The smallest absolute Gasteiger partial charge is 0.254 e. The first-order valence-electron chi connectivity index (χ1n) is 4.39. The first-order chi connectivity index (χ1) is 7.02. The monoisotopic (exact) mass is 243 g/mol. The van der Waals surface area contributed by atoms with Crippen molar-refractivity contribution in [3.05, 3.63) is 46.0 Å². The minimum atomic E-state index is -0.284. The van der Waals surface area contributed by atoms with Gasteiger partial charge in [-0.1, -0.05) is 41.4 Å². The molecule has 15 heavy (non-hydrogen) atoms. The molecule has 1 amide bonds. The summed E-state index contributed by atoms with van der Waals surface area (Å²) in [7, 11) is 0. The predicted octanol–water partition coefficient (Wildman–Crippen LogP) is 3.30. The molecule has 0 fully saturated rings. The molecule has 0 heterocycles. The molecule has 0 saturated carbocycles. The molecule has 0 aliphatic heterocycles. The lowest BCUT2D eigenvalue weighted by Gasteiger charge is -2.07. The molecule has 0 spiro atoms. The van der Waals surface area contributed by atoms with E-state index in [0.29, 0.717) is 22.2 Å². The molecule has 1 aromatic rings. The Hall–Kier alpha value is -0.990. The second-order valence-corrected chi connectivity index (χ2v) is 4.05. The van der Waals surface area contributed by atoms with Gasteiger partial charge in [0, 0.05) is 6.54 Å². The highest BCUT2D eigenvalue weighted by Crippen LogP contribution is 2.23. The Bertz CT molecular complexity index is 381. The van der Waals surface area contributed by atoms with Crippen LogP contribution in [-0.4, -0.2) is 12.5 Å². The fourth-order valence-corrected chi connectivity index (χ4v) is 1.60. The quantitative estimate of drug-likeness (QED) is 0.812. The fraction of sp³-hybridized carbons (Fsp3) is 0.182. The van der Waals surface area contributed by atoms with E-state index < -0.39 is 0 Å². The Morgan fingerprint density at radius 3 is 2.40 bits per heavy atom. The minimum absolute atomic E-state index is 0.284. The van der Waals surface area contributed by atoms with Crippen LogP contribution in [0.3, 0.4) is 0 Å². The van der Waals surface area contributed by atoms with E-state index in [1.807, 2.05) is 6.92 Å². The van der Waals surface area contributed by atoms with Crippen molar-refractivity contribution in [2.45, 2.75) is 6.92 Å². The molecule has 1 aromatic carbocycles. The van der Waals surface area contributed by atoms with Crippen LogP contribution in [0, 0.1) is 0 Å². The van der Waals surface area contributed by atoms with Gasteiger partial charge in [0.25, 0.3) is 5.91 Å². The summed E-state index contributed by atoms with van der Waals surface area (Å²) in [6.07, 6.45) is 0. The lowest BCUT2D eigenvalue weighted by atomic mass is 10.2. The first-order valence-corrected chi connectivity index (χ1v) is 5.14. The van der Waals surface area contributed by atoms with Gasteiger partial charge in [0.1, 0.15) is 0 Å². The van der Waals surface area contributed by atoms with Gasteiger partial charge in [-0.2, -0.15) is 0 Å². The maximum absolute atomic E-state index is 11.7. The van der Waals surface area contributed by atoms with E-state index in [-0.39, 0.29) is 5.91 Å². The molecular weight excluding hydrogens is 233 g/mol. The average Bonchev–Trinajstić information content (AvgIpc) is 2.14. The topological polar surface area (TPSA) is 29.1 Å². The Kier molecular flexibility index (Phi) is 4.18. The van der Waals surface area contributed by atoms with Crippen molar-refractivity contribution < 1.29 is 4.79 Å². The molecule has 0 saturated heterocycles. The molecule has 1 rings (SSSR count). The second kappa shape index (κ2) is 5.19. The lowest BCUT2D eigenvalue weighted by Crippen LogP contribution is -2.25. The summed E-state index contributed by atoms with van der Waals surface area (Å²) in [6.45, 7) is 5.93. The van der Waals surface area contributed by atoms with E-state index in [4.69, 9.17) is 23.2 Å². The van der Waals surface area contributed by atoms with Gasteiger partial charge in [-0.15, -0.1) is 0 Å². The van der Waals surface area contributed by atoms with Gasteiger partial charge < -0.3 is 5.32 Å². The zero-order valence-corrected chi connectivity index (χ0v) is 9.82. The van der Waals surface area contributed by atoms with Crippen LogP contribution in [0.2, 0.25) is 10.0 Å². The molecule has 1 N–H and O–H groups in total. The van der Waals surface area contributed by atoms with Crippen LogP contribution in [-0.2, 0) is 0 Å². The number of carbonyl (C=O) groups is 1. The van der Waals surface area contributed by atoms with Gasteiger partial charge >= 0.3 is 0 Å². The maximum atomic E-state index is 11.7. The van der Waals surface area contributed by atoms with Crippen LogP contribution in [0.25, 0.3) is 0 Å². The fourth-order valence-electron chi connectivity index (χ4n) is 1.03. The van der Waals surface area contributed by atoms with Crippen LogP contribution in [0.5, 0.6) is 0 Å². The molecule has 0 aliphatic rings. The van der Waals surface area contributed by atoms with E-state index in [1.54, 1.807) is 18.2 Å². The van der Waals surface area contributed by atoms with Crippen molar-refractivity contribution in [2.24, 2.45) is 0 Å². The highest BCUT2D eigenvalue weighted by atomic mass is 35.5. The third-order valence-electron chi connectivity index (χ3n) is 1.74. The molecule has 0 unspecified atom stereocenters.